The second kappa shape index (κ2) is 5.67. The molecule has 0 aliphatic carbocycles. The number of ether oxygens (including phenoxy) is 1. The molecule has 0 saturated carbocycles. The van der Waals surface area contributed by atoms with Crippen molar-refractivity contribution in [2.24, 2.45) is 0 Å². The fourth-order valence-corrected chi connectivity index (χ4v) is 1.92. The lowest BCUT2D eigenvalue weighted by Crippen LogP contribution is -2.04. The highest BCUT2D eigenvalue weighted by Gasteiger charge is 2.09. The summed E-state index contributed by atoms with van der Waals surface area (Å²) in [7, 11) is 0. The Morgan fingerprint density at radius 2 is 2.11 bits per heavy atom. The summed E-state index contributed by atoms with van der Waals surface area (Å²) in [6, 6.07) is 9.19. The molecular formula is C15H12ClNO2. The molecule has 0 fully saturated rings. The molecule has 3 nitrogen and oxygen atoms in total. The Morgan fingerprint density at radius 1 is 1.37 bits per heavy atom. The molecule has 19 heavy (non-hydrogen) atoms. The average Bonchev–Trinajstić information content (AvgIpc) is 2.41. The summed E-state index contributed by atoms with van der Waals surface area (Å²) in [6.07, 6.45) is 2.60. The zero-order valence-electron chi connectivity index (χ0n) is 10.4. The number of esters is 1. The Labute approximate surface area is 116 Å². The highest BCUT2D eigenvalue weighted by molar-refractivity contribution is 6.33. The summed E-state index contributed by atoms with van der Waals surface area (Å²) in [6.45, 7) is 5.23. The number of pyridine rings is 1. The summed E-state index contributed by atoms with van der Waals surface area (Å²) in [5.74, 6) is -0.152. The van der Waals surface area contributed by atoms with Crippen molar-refractivity contribution in [1.29, 1.82) is 0 Å². The van der Waals surface area contributed by atoms with Gasteiger partial charge in [-0.2, -0.15) is 0 Å². The number of aryl methyl sites for hydroxylation is 1. The van der Waals surface area contributed by atoms with Gasteiger partial charge in [-0.3, -0.25) is 4.98 Å². The first kappa shape index (κ1) is 13.3. The van der Waals surface area contributed by atoms with E-state index < -0.39 is 5.97 Å². The van der Waals surface area contributed by atoms with Gasteiger partial charge >= 0.3 is 5.97 Å². The van der Waals surface area contributed by atoms with Gasteiger partial charge in [-0.15, -0.1) is 0 Å². The number of rotatable bonds is 3. The van der Waals surface area contributed by atoms with Crippen LogP contribution in [0.2, 0.25) is 5.02 Å². The van der Waals surface area contributed by atoms with Crippen molar-refractivity contribution in [2.75, 3.05) is 0 Å². The topological polar surface area (TPSA) is 39.2 Å². The number of hydrogen-bond donors (Lipinski definition) is 0. The van der Waals surface area contributed by atoms with E-state index in [1.165, 1.54) is 6.20 Å². The molecule has 1 heterocycles. The molecule has 0 saturated heterocycles. The van der Waals surface area contributed by atoms with Crippen LogP contribution in [-0.4, -0.2) is 11.0 Å². The molecule has 0 atom stereocenters. The minimum absolute atomic E-state index is 0.366. The van der Waals surface area contributed by atoms with E-state index in [9.17, 15) is 4.79 Å². The summed E-state index contributed by atoms with van der Waals surface area (Å²) in [4.78, 5) is 15.4. The van der Waals surface area contributed by atoms with Gasteiger partial charge in [-0.25, -0.2) is 4.79 Å². The number of aromatic nitrogens is 1. The van der Waals surface area contributed by atoms with Crippen molar-refractivity contribution in [2.45, 2.75) is 6.92 Å². The number of carbonyl (C=O) groups is 1. The molecule has 0 aliphatic rings. The fraction of sp³-hybridized carbons (Fsp3) is 0.0667. The summed E-state index contributed by atoms with van der Waals surface area (Å²) in [5.41, 5.74) is 2.50. The Balaban J connectivity index is 2.46. The van der Waals surface area contributed by atoms with Gasteiger partial charge in [-0.05, 0) is 19.1 Å². The minimum Gasteiger partial charge on any atom is -0.422 e. The molecule has 0 aliphatic heterocycles. The van der Waals surface area contributed by atoms with Gasteiger partial charge in [0, 0.05) is 27.9 Å². The van der Waals surface area contributed by atoms with Crippen molar-refractivity contribution in [1.82, 2.24) is 4.98 Å². The van der Waals surface area contributed by atoms with Crippen LogP contribution >= 0.6 is 11.6 Å². The van der Waals surface area contributed by atoms with Gasteiger partial charge in [0.25, 0.3) is 0 Å². The Kier molecular flexibility index (Phi) is 3.97. The quantitative estimate of drug-likeness (QED) is 0.631. The lowest BCUT2D eigenvalue weighted by Gasteiger charge is -2.09. The van der Waals surface area contributed by atoms with E-state index in [1.807, 2.05) is 25.1 Å². The van der Waals surface area contributed by atoms with E-state index in [0.29, 0.717) is 10.8 Å². The zero-order chi connectivity index (χ0) is 13.8. The Hall–Kier alpha value is -2.13. The molecule has 4 heteroatoms. The summed E-state index contributed by atoms with van der Waals surface area (Å²) < 4.78 is 5.06. The van der Waals surface area contributed by atoms with Crippen LogP contribution in [0.4, 0.5) is 0 Å². The second-order valence-corrected chi connectivity index (χ2v) is 4.32. The van der Waals surface area contributed by atoms with E-state index in [0.717, 1.165) is 22.9 Å². The fourth-order valence-electron chi connectivity index (χ4n) is 1.68. The maximum atomic E-state index is 11.2. The van der Waals surface area contributed by atoms with E-state index in [1.54, 1.807) is 12.1 Å². The van der Waals surface area contributed by atoms with Crippen LogP contribution in [0, 0.1) is 6.92 Å². The molecule has 96 valence electrons. The van der Waals surface area contributed by atoms with Crippen LogP contribution in [0.1, 0.15) is 5.69 Å². The van der Waals surface area contributed by atoms with Crippen LogP contribution in [0.5, 0.6) is 5.75 Å². The van der Waals surface area contributed by atoms with Crippen LogP contribution in [0.3, 0.4) is 0 Å². The maximum Gasteiger partial charge on any atom is 0.335 e. The van der Waals surface area contributed by atoms with Crippen LogP contribution in [0.15, 0.2) is 49.2 Å². The lowest BCUT2D eigenvalue weighted by molar-refractivity contribution is -0.128. The number of benzene rings is 1. The predicted octanol–water partition coefficient (Wildman–Crippen LogP) is 3.80. The lowest BCUT2D eigenvalue weighted by atomic mass is 10.0. The molecule has 2 aromatic rings. The number of nitrogens with zero attached hydrogens (tertiary/aromatic N) is 1. The third kappa shape index (κ3) is 3.01. The van der Waals surface area contributed by atoms with Gasteiger partial charge in [0.2, 0.25) is 0 Å². The van der Waals surface area contributed by atoms with E-state index in [-0.39, 0.29) is 0 Å². The first-order valence-corrected chi connectivity index (χ1v) is 6.05. The molecule has 1 aromatic heterocycles. The Bertz CT molecular complexity index is 638. The van der Waals surface area contributed by atoms with Crippen molar-refractivity contribution >= 4 is 17.6 Å². The highest BCUT2D eigenvalue weighted by Crippen LogP contribution is 2.31. The molecule has 0 spiro atoms. The normalized spacial score (nSPS) is 10.0. The predicted molar refractivity (Wildman–Crippen MR) is 75.3 cm³/mol. The van der Waals surface area contributed by atoms with E-state index in [4.69, 9.17) is 16.3 Å². The standard InChI is InChI=1S/C15H12ClNO2/c1-3-15(18)19-11-8-13(10(2)17-9-11)12-6-4-5-7-14(12)16/h3-9H,1H2,2H3. The molecule has 0 amide bonds. The molecule has 0 unspecified atom stereocenters. The number of hydrogen-bond acceptors (Lipinski definition) is 3. The zero-order valence-corrected chi connectivity index (χ0v) is 11.1. The van der Waals surface area contributed by atoms with Gasteiger partial charge in [0.15, 0.2) is 0 Å². The number of carbonyl (C=O) groups excluding carboxylic acids is 1. The second-order valence-electron chi connectivity index (χ2n) is 3.91. The maximum absolute atomic E-state index is 11.2. The summed E-state index contributed by atoms with van der Waals surface area (Å²) >= 11 is 6.16. The molecule has 2 rings (SSSR count). The van der Waals surface area contributed by atoms with Crippen LogP contribution < -0.4 is 4.74 Å². The Morgan fingerprint density at radius 3 is 2.79 bits per heavy atom. The third-order valence-corrected chi connectivity index (χ3v) is 2.94. The largest absolute Gasteiger partial charge is 0.422 e. The first-order chi connectivity index (χ1) is 9.11. The molecule has 0 N–H and O–H groups in total. The van der Waals surface area contributed by atoms with Crippen molar-refractivity contribution in [3.05, 3.63) is 59.9 Å². The monoisotopic (exact) mass is 273 g/mol. The van der Waals surface area contributed by atoms with Crippen molar-refractivity contribution in [3.8, 4) is 16.9 Å². The van der Waals surface area contributed by atoms with Gasteiger partial charge in [0.05, 0.1) is 6.20 Å². The third-order valence-electron chi connectivity index (χ3n) is 2.61. The number of halogens is 1. The summed E-state index contributed by atoms with van der Waals surface area (Å²) in [5, 5.41) is 0.625. The SMILES string of the molecule is C=CC(=O)Oc1cnc(C)c(-c2ccccc2Cl)c1. The van der Waals surface area contributed by atoms with E-state index >= 15 is 0 Å². The van der Waals surface area contributed by atoms with Gasteiger partial charge in [-0.1, -0.05) is 36.4 Å². The van der Waals surface area contributed by atoms with Crippen molar-refractivity contribution < 1.29 is 9.53 Å². The molecule has 1 aromatic carbocycles. The average molecular weight is 274 g/mol. The molecular weight excluding hydrogens is 262 g/mol. The minimum atomic E-state index is -0.518. The van der Waals surface area contributed by atoms with Gasteiger partial charge < -0.3 is 4.74 Å². The van der Waals surface area contributed by atoms with E-state index in [2.05, 4.69) is 11.6 Å². The van der Waals surface area contributed by atoms with Crippen LogP contribution in [0.25, 0.3) is 11.1 Å². The molecule has 0 radical (unpaired) electrons. The van der Waals surface area contributed by atoms with Crippen LogP contribution in [-0.2, 0) is 4.79 Å². The first-order valence-electron chi connectivity index (χ1n) is 5.67. The van der Waals surface area contributed by atoms with Gasteiger partial charge in [0.1, 0.15) is 5.75 Å². The van der Waals surface area contributed by atoms with Crippen molar-refractivity contribution in [3.63, 3.8) is 0 Å². The smallest absolute Gasteiger partial charge is 0.335 e. The molecule has 0 bridgehead atoms. The highest BCUT2D eigenvalue weighted by atomic mass is 35.5.